The highest BCUT2D eigenvalue weighted by Gasteiger charge is 2.20. The number of nitrogen functional groups attached to an aromatic ring is 1. The van der Waals surface area contributed by atoms with Crippen LogP contribution in [-0.4, -0.2) is 9.97 Å². The van der Waals surface area contributed by atoms with Gasteiger partial charge in [0.05, 0.1) is 6.04 Å². The normalized spacial score (nSPS) is 12.4. The fourth-order valence-electron chi connectivity index (χ4n) is 2.33. The molecule has 0 saturated heterocycles. The maximum absolute atomic E-state index is 5.57. The van der Waals surface area contributed by atoms with Crippen molar-refractivity contribution in [1.82, 2.24) is 9.97 Å². The highest BCUT2D eigenvalue weighted by Crippen LogP contribution is 2.31. The Bertz CT molecular complexity index is 553. The third-order valence-electron chi connectivity index (χ3n) is 3.39. The number of nitrogens with zero attached hydrogens (tertiary/aromatic N) is 2. The summed E-state index contributed by atoms with van der Waals surface area (Å²) in [6, 6.07) is 4.48. The zero-order chi connectivity index (χ0) is 15.2. The monoisotopic (exact) mass is 305 g/mol. The summed E-state index contributed by atoms with van der Waals surface area (Å²) in [6.07, 6.45) is 3.45. The molecule has 0 spiro atoms. The molecule has 1 atom stereocenters. The van der Waals surface area contributed by atoms with E-state index in [2.05, 4.69) is 59.0 Å². The van der Waals surface area contributed by atoms with Crippen molar-refractivity contribution in [3.63, 3.8) is 0 Å². The van der Waals surface area contributed by atoms with Crippen LogP contribution in [0, 0.1) is 5.92 Å². The number of thiophene rings is 1. The first-order valence-corrected chi connectivity index (χ1v) is 8.15. The summed E-state index contributed by atoms with van der Waals surface area (Å²) in [5.41, 5.74) is 3.72. The molecular formula is C15H23N5S. The molecule has 1 unspecified atom stereocenters. The maximum atomic E-state index is 5.57. The van der Waals surface area contributed by atoms with Gasteiger partial charge in [-0.3, -0.25) is 0 Å². The summed E-state index contributed by atoms with van der Waals surface area (Å²) >= 11 is 1.76. The minimum absolute atomic E-state index is 0.237. The van der Waals surface area contributed by atoms with Crippen LogP contribution < -0.4 is 16.6 Å². The molecule has 0 bridgehead atoms. The van der Waals surface area contributed by atoms with Gasteiger partial charge in [0.1, 0.15) is 18.0 Å². The molecule has 21 heavy (non-hydrogen) atoms. The standard InChI is InChI=1S/C15H23N5S/c1-4-6-11-14(17-9-18-15(11)20-16)19-13(10(2)3)12-7-5-8-21-12/h5,7-10,13H,4,6,16H2,1-3H3,(H2,17,18,19,20). The SMILES string of the molecule is CCCc1c(NN)ncnc1NC(c1cccs1)C(C)C. The molecule has 6 heteroatoms. The third kappa shape index (κ3) is 3.71. The summed E-state index contributed by atoms with van der Waals surface area (Å²) in [4.78, 5) is 9.94. The molecule has 0 aliphatic rings. The van der Waals surface area contributed by atoms with E-state index in [1.54, 1.807) is 17.7 Å². The molecule has 2 rings (SSSR count). The molecule has 114 valence electrons. The Kier molecular flexibility index (Phi) is 5.52. The van der Waals surface area contributed by atoms with E-state index in [0.29, 0.717) is 11.7 Å². The van der Waals surface area contributed by atoms with Crippen molar-refractivity contribution in [2.45, 2.75) is 39.7 Å². The van der Waals surface area contributed by atoms with Gasteiger partial charge in [-0.05, 0) is 23.8 Å². The number of hydrogen-bond acceptors (Lipinski definition) is 6. The van der Waals surface area contributed by atoms with Crippen LogP contribution in [-0.2, 0) is 6.42 Å². The maximum Gasteiger partial charge on any atom is 0.148 e. The Morgan fingerprint density at radius 1 is 1.29 bits per heavy atom. The first kappa shape index (κ1) is 15.7. The lowest BCUT2D eigenvalue weighted by Crippen LogP contribution is -2.19. The van der Waals surface area contributed by atoms with Crippen LogP contribution in [0.5, 0.6) is 0 Å². The second kappa shape index (κ2) is 7.38. The molecule has 0 fully saturated rings. The van der Waals surface area contributed by atoms with Gasteiger partial charge in [0.25, 0.3) is 0 Å². The van der Waals surface area contributed by atoms with Gasteiger partial charge in [0, 0.05) is 10.4 Å². The summed E-state index contributed by atoms with van der Waals surface area (Å²) < 4.78 is 0. The molecule has 0 radical (unpaired) electrons. The van der Waals surface area contributed by atoms with Crippen molar-refractivity contribution >= 4 is 23.0 Å². The summed E-state index contributed by atoms with van der Waals surface area (Å²) in [5, 5.41) is 5.68. The average Bonchev–Trinajstić information content (AvgIpc) is 2.99. The average molecular weight is 305 g/mol. The molecule has 5 nitrogen and oxygen atoms in total. The van der Waals surface area contributed by atoms with Crippen LogP contribution in [0.1, 0.15) is 43.7 Å². The van der Waals surface area contributed by atoms with E-state index in [1.807, 2.05) is 0 Å². The predicted molar refractivity (Wildman–Crippen MR) is 89.4 cm³/mol. The van der Waals surface area contributed by atoms with Crippen LogP contribution in [0.3, 0.4) is 0 Å². The zero-order valence-corrected chi connectivity index (χ0v) is 13.6. The van der Waals surface area contributed by atoms with Crippen molar-refractivity contribution in [3.8, 4) is 0 Å². The Balaban J connectivity index is 2.32. The first-order chi connectivity index (χ1) is 10.2. The molecule has 0 aliphatic heterocycles. The van der Waals surface area contributed by atoms with Crippen LogP contribution in [0.15, 0.2) is 23.8 Å². The number of hydrogen-bond donors (Lipinski definition) is 3. The molecule has 2 aromatic heterocycles. The van der Waals surface area contributed by atoms with E-state index >= 15 is 0 Å². The zero-order valence-electron chi connectivity index (χ0n) is 12.8. The van der Waals surface area contributed by atoms with Gasteiger partial charge in [-0.2, -0.15) is 0 Å². The second-order valence-electron chi connectivity index (χ2n) is 5.33. The van der Waals surface area contributed by atoms with Gasteiger partial charge in [-0.25, -0.2) is 15.8 Å². The fraction of sp³-hybridized carbons (Fsp3) is 0.467. The third-order valence-corrected chi connectivity index (χ3v) is 4.35. The molecular weight excluding hydrogens is 282 g/mol. The fourth-order valence-corrected chi connectivity index (χ4v) is 3.28. The van der Waals surface area contributed by atoms with Gasteiger partial charge in [0.2, 0.25) is 0 Å². The predicted octanol–water partition coefficient (Wildman–Crippen LogP) is 3.59. The second-order valence-corrected chi connectivity index (χ2v) is 6.30. The molecule has 0 amide bonds. The highest BCUT2D eigenvalue weighted by molar-refractivity contribution is 7.10. The number of nitrogens with one attached hydrogen (secondary N) is 2. The van der Waals surface area contributed by atoms with E-state index in [0.717, 1.165) is 24.2 Å². The summed E-state index contributed by atoms with van der Waals surface area (Å²) in [5.74, 6) is 7.59. The number of aromatic nitrogens is 2. The number of rotatable bonds is 7. The highest BCUT2D eigenvalue weighted by atomic mass is 32.1. The van der Waals surface area contributed by atoms with Crippen LogP contribution in [0.2, 0.25) is 0 Å². The van der Waals surface area contributed by atoms with Crippen molar-refractivity contribution in [2.75, 3.05) is 10.7 Å². The van der Waals surface area contributed by atoms with Crippen molar-refractivity contribution < 1.29 is 0 Å². The van der Waals surface area contributed by atoms with Crippen molar-refractivity contribution in [1.29, 1.82) is 0 Å². The van der Waals surface area contributed by atoms with E-state index in [1.165, 1.54) is 4.88 Å². The molecule has 0 aromatic carbocycles. The number of nitrogens with two attached hydrogens (primary N) is 1. The largest absolute Gasteiger partial charge is 0.362 e. The summed E-state index contributed by atoms with van der Waals surface area (Å²) in [6.45, 7) is 6.55. The molecule has 0 aliphatic carbocycles. The summed E-state index contributed by atoms with van der Waals surface area (Å²) in [7, 11) is 0. The Morgan fingerprint density at radius 3 is 2.62 bits per heavy atom. The van der Waals surface area contributed by atoms with Crippen molar-refractivity contribution in [2.24, 2.45) is 11.8 Å². The lowest BCUT2D eigenvalue weighted by atomic mass is 10.0. The molecule has 0 saturated carbocycles. The van der Waals surface area contributed by atoms with Crippen molar-refractivity contribution in [3.05, 3.63) is 34.3 Å². The number of anilines is 2. The Morgan fingerprint density at radius 2 is 2.05 bits per heavy atom. The minimum atomic E-state index is 0.237. The van der Waals surface area contributed by atoms with Gasteiger partial charge in [0.15, 0.2) is 0 Å². The van der Waals surface area contributed by atoms with E-state index < -0.39 is 0 Å². The number of hydrazine groups is 1. The van der Waals surface area contributed by atoms with E-state index in [-0.39, 0.29) is 6.04 Å². The van der Waals surface area contributed by atoms with Crippen LogP contribution in [0.25, 0.3) is 0 Å². The molecule has 2 aromatic rings. The lowest BCUT2D eigenvalue weighted by Gasteiger charge is -2.23. The van der Waals surface area contributed by atoms with E-state index in [4.69, 9.17) is 5.84 Å². The van der Waals surface area contributed by atoms with Gasteiger partial charge < -0.3 is 10.7 Å². The van der Waals surface area contributed by atoms with Gasteiger partial charge in [-0.15, -0.1) is 11.3 Å². The van der Waals surface area contributed by atoms with Crippen LogP contribution in [0.4, 0.5) is 11.6 Å². The lowest BCUT2D eigenvalue weighted by molar-refractivity contribution is 0.551. The quantitative estimate of drug-likeness (QED) is 0.538. The molecule has 2 heterocycles. The minimum Gasteiger partial charge on any atom is -0.362 e. The Hall–Kier alpha value is -1.66. The van der Waals surface area contributed by atoms with E-state index in [9.17, 15) is 0 Å². The van der Waals surface area contributed by atoms with Gasteiger partial charge >= 0.3 is 0 Å². The topological polar surface area (TPSA) is 75.9 Å². The van der Waals surface area contributed by atoms with Gasteiger partial charge in [-0.1, -0.05) is 33.3 Å². The van der Waals surface area contributed by atoms with Crippen LogP contribution >= 0.6 is 11.3 Å². The molecule has 4 N–H and O–H groups in total. The first-order valence-electron chi connectivity index (χ1n) is 7.27. The Labute approximate surface area is 130 Å². The smallest absolute Gasteiger partial charge is 0.148 e.